The summed E-state index contributed by atoms with van der Waals surface area (Å²) in [4.78, 5) is 48.7. The first-order valence-electron chi connectivity index (χ1n) is 9.43. The zero-order valence-corrected chi connectivity index (χ0v) is 16.6. The Labute approximate surface area is 172 Å². The van der Waals surface area contributed by atoms with Crippen molar-refractivity contribution in [3.05, 3.63) is 63.7 Å². The number of hydrogen-bond donors (Lipinski definition) is 1. The van der Waals surface area contributed by atoms with Crippen molar-refractivity contribution in [3.63, 3.8) is 0 Å². The molecule has 9 nitrogen and oxygen atoms in total. The van der Waals surface area contributed by atoms with E-state index in [0.717, 1.165) is 0 Å². The van der Waals surface area contributed by atoms with Crippen LogP contribution in [-0.2, 0) is 14.3 Å². The number of nitro groups is 1. The summed E-state index contributed by atoms with van der Waals surface area (Å²) in [6.07, 6.45) is 0.00835. The van der Waals surface area contributed by atoms with Crippen molar-refractivity contribution < 1.29 is 24.0 Å². The smallest absolute Gasteiger partial charge is 0.338 e. The number of benzene rings is 2. The van der Waals surface area contributed by atoms with Crippen molar-refractivity contribution in [1.82, 2.24) is 0 Å². The van der Waals surface area contributed by atoms with Crippen LogP contribution in [0.1, 0.15) is 29.3 Å². The summed E-state index contributed by atoms with van der Waals surface area (Å²) < 4.78 is 4.91. The molecule has 2 aromatic carbocycles. The first-order chi connectivity index (χ1) is 14.3. The molecule has 0 unspecified atom stereocenters. The highest BCUT2D eigenvalue weighted by Crippen LogP contribution is 2.30. The second kappa shape index (κ2) is 8.73. The van der Waals surface area contributed by atoms with E-state index in [2.05, 4.69) is 5.32 Å². The lowest BCUT2D eigenvalue weighted by atomic mass is 10.1. The molecule has 0 bridgehead atoms. The third-order valence-corrected chi connectivity index (χ3v) is 4.86. The van der Waals surface area contributed by atoms with Crippen LogP contribution in [0.4, 0.5) is 17.1 Å². The number of anilines is 2. The third-order valence-electron chi connectivity index (χ3n) is 4.86. The third kappa shape index (κ3) is 4.45. The number of ether oxygens (including phenoxy) is 1. The van der Waals surface area contributed by atoms with E-state index >= 15 is 0 Å². The van der Waals surface area contributed by atoms with Gasteiger partial charge >= 0.3 is 5.97 Å². The Bertz CT molecular complexity index is 1000. The van der Waals surface area contributed by atoms with Crippen LogP contribution in [0.5, 0.6) is 0 Å². The SMILES string of the molecule is CCOC(=O)c1ccc(NC(=O)[C@H]2CC(=O)N(c3ccc(C)c([N+](=O)[O-])c3)C2)cc1. The van der Waals surface area contributed by atoms with Gasteiger partial charge in [0.2, 0.25) is 11.8 Å². The van der Waals surface area contributed by atoms with Gasteiger partial charge < -0.3 is 15.0 Å². The van der Waals surface area contributed by atoms with E-state index in [4.69, 9.17) is 4.74 Å². The first kappa shape index (κ1) is 21.0. The summed E-state index contributed by atoms with van der Waals surface area (Å²) in [5, 5.41) is 13.9. The van der Waals surface area contributed by atoms with Gasteiger partial charge in [0.05, 0.1) is 28.7 Å². The first-order valence-corrected chi connectivity index (χ1v) is 9.43. The quantitative estimate of drug-likeness (QED) is 0.443. The maximum atomic E-state index is 12.6. The molecular formula is C21H21N3O6. The molecule has 0 saturated carbocycles. The number of esters is 1. The molecule has 1 saturated heterocycles. The highest BCUT2D eigenvalue weighted by atomic mass is 16.6. The molecule has 1 fully saturated rings. The number of aryl methyl sites for hydroxylation is 1. The van der Waals surface area contributed by atoms with Gasteiger partial charge in [-0.1, -0.05) is 6.07 Å². The van der Waals surface area contributed by atoms with Crippen LogP contribution < -0.4 is 10.2 Å². The Morgan fingerprint density at radius 2 is 1.93 bits per heavy atom. The van der Waals surface area contributed by atoms with Crippen molar-refractivity contribution in [2.75, 3.05) is 23.4 Å². The van der Waals surface area contributed by atoms with E-state index in [0.29, 0.717) is 22.5 Å². The average Bonchev–Trinajstić information content (AvgIpc) is 3.10. The fourth-order valence-electron chi connectivity index (χ4n) is 3.24. The Hall–Kier alpha value is -3.75. The second-order valence-corrected chi connectivity index (χ2v) is 6.92. The Kier molecular flexibility index (Phi) is 6.10. The number of rotatable bonds is 6. The molecule has 3 rings (SSSR count). The van der Waals surface area contributed by atoms with Gasteiger partial charge in [0.25, 0.3) is 5.69 Å². The molecule has 9 heteroatoms. The minimum atomic E-state index is -0.595. The summed E-state index contributed by atoms with van der Waals surface area (Å²) in [6.45, 7) is 3.74. The summed E-state index contributed by atoms with van der Waals surface area (Å²) in [7, 11) is 0. The fraction of sp³-hybridized carbons (Fsp3) is 0.286. The molecule has 0 radical (unpaired) electrons. The molecule has 30 heavy (non-hydrogen) atoms. The molecule has 1 aliphatic heterocycles. The lowest BCUT2D eigenvalue weighted by Gasteiger charge is -2.17. The number of carbonyl (C=O) groups excluding carboxylic acids is 3. The topological polar surface area (TPSA) is 119 Å². The zero-order valence-electron chi connectivity index (χ0n) is 16.6. The van der Waals surface area contributed by atoms with Crippen molar-refractivity contribution in [2.24, 2.45) is 5.92 Å². The van der Waals surface area contributed by atoms with Gasteiger partial charge in [-0.3, -0.25) is 19.7 Å². The number of amides is 2. The lowest BCUT2D eigenvalue weighted by molar-refractivity contribution is -0.385. The number of nitro benzene ring substituents is 1. The van der Waals surface area contributed by atoms with Crippen LogP contribution in [0.25, 0.3) is 0 Å². The molecule has 1 atom stereocenters. The monoisotopic (exact) mass is 411 g/mol. The van der Waals surface area contributed by atoms with Gasteiger partial charge in [0.1, 0.15) is 0 Å². The van der Waals surface area contributed by atoms with Crippen molar-refractivity contribution >= 4 is 34.8 Å². The number of carbonyl (C=O) groups is 3. The number of nitrogens with zero attached hydrogens (tertiary/aromatic N) is 2. The normalized spacial score (nSPS) is 15.7. The minimum absolute atomic E-state index is 0.00835. The molecule has 156 valence electrons. The van der Waals surface area contributed by atoms with Crippen LogP contribution in [0.3, 0.4) is 0 Å². The molecule has 2 aromatic rings. The predicted molar refractivity (Wildman–Crippen MR) is 109 cm³/mol. The molecular weight excluding hydrogens is 390 g/mol. The van der Waals surface area contributed by atoms with E-state index in [-0.39, 0.29) is 37.1 Å². The summed E-state index contributed by atoms with van der Waals surface area (Å²) in [5.74, 6) is -1.65. The molecule has 0 aliphatic carbocycles. The molecule has 1 N–H and O–H groups in total. The summed E-state index contributed by atoms with van der Waals surface area (Å²) in [6, 6.07) is 10.8. The predicted octanol–water partition coefficient (Wildman–Crippen LogP) is 3.07. The largest absolute Gasteiger partial charge is 0.462 e. The van der Waals surface area contributed by atoms with Crippen molar-refractivity contribution in [2.45, 2.75) is 20.3 Å². The molecule has 1 aliphatic rings. The van der Waals surface area contributed by atoms with E-state index < -0.39 is 16.8 Å². The number of hydrogen-bond acceptors (Lipinski definition) is 6. The molecule has 0 aromatic heterocycles. The summed E-state index contributed by atoms with van der Waals surface area (Å²) in [5.41, 5.74) is 1.68. The standard InChI is InChI=1S/C21H21N3O6/c1-3-30-21(27)14-5-7-16(8-6-14)22-20(26)15-10-19(25)23(12-15)17-9-4-13(2)18(11-17)24(28)29/h4-9,11,15H,3,10,12H2,1-2H3,(H,22,26)/t15-/m0/s1. The van der Waals surface area contributed by atoms with E-state index in [9.17, 15) is 24.5 Å². The molecule has 1 heterocycles. The van der Waals surface area contributed by atoms with Crippen LogP contribution in [0.2, 0.25) is 0 Å². The Morgan fingerprint density at radius 1 is 1.23 bits per heavy atom. The molecule has 0 spiro atoms. The van der Waals surface area contributed by atoms with Crippen LogP contribution in [-0.4, -0.2) is 35.9 Å². The maximum Gasteiger partial charge on any atom is 0.338 e. The van der Waals surface area contributed by atoms with Crippen LogP contribution in [0, 0.1) is 23.0 Å². The zero-order chi connectivity index (χ0) is 21.8. The highest BCUT2D eigenvalue weighted by molar-refractivity contribution is 6.03. The fourth-order valence-corrected chi connectivity index (χ4v) is 3.24. The van der Waals surface area contributed by atoms with Gasteiger partial charge in [0, 0.05) is 30.3 Å². The lowest BCUT2D eigenvalue weighted by Crippen LogP contribution is -2.28. The second-order valence-electron chi connectivity index (χ2n) is 6.92. The van der Waals surface area contributed by atoms with E-state index in [1.807, 2.05) is 0 Å². The van der Waals surface area contributed by atoms with Gasteiger partial charge in [-0.2, -0.15) is 0 Å². The van der Waals surface area contributed by atoms with Crippen molar-refractivity contribution in [1.29, 1.82) is 0 Å². The number of nitrogens with one attached hydrogen (secondary N) is 1. The van der Waals surface area contributed by atoms with Gasteiger partial charge in [-0.05, 0) is 44.2 Å². The van der Waals surface area contributed by atoms with Crippen molar-refractivity contribution in [3.8, 4) is 0 Å². The van der Waals surface area contributed by atoms with E-state index in [1.54, 1.807) is 50.2 Å². The van der Waals surface area contributed by atoms with Gasteiger partial charge in [0.15, 0.2) is 0 Å². The minimum Gasteiger partial charge on any atom is -0.462 e. The Morgan fingerprint density at radius 3 is 2.57 bits per heavy atom. The van der Waals surface area contributed by atoms with Gasteiger partial charge in [-0.25, -0.2) is 4.79 Å². The molecule has 2 amide bonds. The van der Waals surface area contributed by atoms with Crippen LogP contribution >= 0.6 is 0 Å². The van der Waals surface area contributed by atoms with Crippen LogP contribution in [0.15, 0.2) is 42.5 Å². The maximum absolute atomic E-state index is 12.6. The Balaban J connectivity index is 1.67. The van der Waals surface area contributed by atoms with E-state index in [1.165, 1.54) is 11.0 Å². The van der Waals surface area contributed by atoms with Gasteiger partial charge in [-0.15, -0.1) is 0 Å². The average molecular weight is 411 g/mol. The summed E-state index contributed by atoms with van der Waals surface area (Å²) >= 11 is 0. The highest BCUT2D eigenvalue weighted by Gasteiger charge is 2.35.